The summed E-state index contributed by atoms with van der Waals surface area (Å²) in [6.07, 6.45) is 4.91. The van der Waals surface area contributed by atoms with Crippen molar-refractivity contribution in [2.24, 2.45) is 5.92 Å². The van der Waals surface area contributed by atoms with Crippen molar-refractivity contribution in [3.63, 3.8) is 0 Å². The Morgan fingerprint density at radius 1 is 1.11 bits per heavy atom. The first kappa shape index (κ1) is 19.0. The first-order chi connectivity index (χ1) is 13.7. The van der Waals surface area contributed by atoms with Gasteiger partial charge in [0.15, 0.2) is 11.0 Å². The minimum atomic E-state index is 0.396. The van der Waals surface area contributed by atoms with Crippen LogP contribution in [0.25, 0.3) is 11.4 Å². The summed E-state index contributed by atoms with van der Waals surface area (Å²) in [5.41, 5.74) is 1.05. The number of hydrogen-bond donors (Lipinski definition) is 0. The van der Waals surface area contributed by atoms with E-state index in [1.54, 1.807) is 25.8 Å². The molecule has 2 aromatic heterocycles. The van der Waals surface area contributed by atoms with E-state index in [4.69, 9.17) is 9.15 Å². The molecule has 1 aliphatic rings. The molecule has 0 amide bonds. The number of aryl methyl sites for hydroxylation is 1. The van der Waals surface area contributed by atoms with Crippen LogP contribution in [0, 0.1) is 12.8 Å². The van der Waals surface area contributed by atoms with Crippen LogP contribution in [0.5, 0.6) is 5.75 Å². The molecule has 0 aliphatic heterocycles. The van der Waals surface area contributed by atoms with E-state index >= 15 is 0 Å². The second-order valence-electron chi connectivity index (χ2n) is 7.24. The largest absolute Gasteiger partial charge is 0.497 e. The van der Waals surface area contributed by atoms with Gasteiger partial charge in [-0.3, -0.25) is 4.57 Å². The van der Waals surface area contributed by atoms with Crippen molar-refractivity contribution in [1.29, 1.82) is 0 Å². The highest BCUT2D eigenvalue weighted by Crippen LogP contribution is 2.39. The van der Waals surface area contributed by atoms with Crippen LogP contribution >= 0.6 is 11.8 Å². The maximum Gasteiger partial charge on any atom is 0.226 e. The topological polar surface area (TPSA) is 78.9 Å². The van der Waals surface area contributed by atoms with Crippen LogP contribution in [0.4, 0.5) is 0 Å². The summed E-state index contributed by atoms with van der Waals surface area (Å²) in [6.45, 7) is 4.13. The fourth-order valence-corrected chi connectivity index (χ4v) is 4.64. The van der Waals surface area contributed by atoms with Crippen LogP contribution in [0.2, 0.25) is 0 Å². The Morgan fingerprint density at radius 2 is 1.89 bits per heavy atom. The summed E-state index contributed by atoms with van der Waals surface area (Å²) in [4.78, 5) is 0. The smallest absolute Gasteiger partial charge is 0.226 e. The van der Waals surface area contributed by atoms with Crippen molar-refractivity contribution < 1.29 is 9.15 Å². The highest BCUT2D eigenvalue weighted by Gasteiger charge is 2.28. The number of aromatic nitrogens is 5. The standard InChI is InChI=1S/C20H25N5O2S/c1-13-6-4-5-7-17(13)25-19(15-8-10-16(26-3)11-9-15)23-24-20(25)28-12-18-22-21-14(2)27-18/h8-11,13,17H,4-7,12H2,1-3H3/t13-,17-/m1/s1. The van der Waals surface area contributed by atoms with E-state index in [0.717, 1.165) is 28.7 Å². The van der Waals surface area contributed by atoms with E-state index in [9.17, 15) is 0 Å². The van der Waals surface area contributed by atoms with Gasteiger partial charge in [-0.1, -0.05) is 31.5 Å². The molecule has 0 saturated heterocycles. The van der Waals surface area contributed by atoms with Gasteiger partial charge in [0.25, 0.3) is 0 Å². The monoisotopic (exact) mass is 399 g/mol. The summed E-state index contributed by atoms with van der Waals surface area (Å²) < 4.78 is 13.1. The Morgan fingerprint density at radius 3 is 2.57 bits per heavy atom. The molecule has 0 unspecified atom stereocenters. The minimum absolute atomic E-state index is 0.396. The first-order valence-corrected chi connectivity index (χ1v) is 10.7. The van der Waals surface area contributed by atoms with Crippen LogP contribution in [0.1, 0.15) is 50.4 Å². The Hall–Kier alpha value is -2.35. The lowest BCUT2D eigenvalue weighted by Crippen LogP contribution is -2.22. The van der Waals surface area contributed by atoms with Gasteiger partial charge in [0, 0.05) is 18.5 Å². The second kappa shape index (κ2) is 8.34. The average Bonchev–Trinajstić information content (AvgIpc) is 3.33. The van der Waals surface area contributed by atoms with Crippen molar-refractivity contribution >= 4 is 11.8 Å². The predicted octanol–water partition coefficient (Wildman–Crippen LogP) is 4.69. The first-order valence-electron chi connectivity index (χ1n) is 9.67. The normalized spacial score (nSPS) is 19.7. The zero-order valence-corrected chi connectivity index (χ0v) is 17.3. The quantitative estimate of drug-likeness (QED) is 0.556. The summed E-state index contributed by atoms with van der Waals surface area (Å²) in [5, 5.41) is 18.0. The molecular weight excluding hydrogens is 374 g/mol. The maximum absolute atomic E-state index is 5.51. The van der Waals surface area contributed by atoms with Gasteiger partial charge in [-0.2, -0.15) is 0 Å². The molecule has 1 aromatic carbocycles. The van der Waals surface area contributed by atoms with Crippen LogP contribution in [0.3, 0.4) is 0 Å². The molecule has 7 nitrogen and oxygen atoms in total. The lowest BCUT2D eigenvalue weighted by molar-refractivity contribution is 0.247. The molecule has 3 aromatic rings. The molecule has 8 heteroatoms. The van der Waals surface area contributed by atoms with E-state index in [2.05, 4.69) is 31.9 Å². The minimum Gasteiger partial charge on any atom is -0.497 e. The molecule has 2 atom stereocenters. The molecule has 0 N–H and O–H groups in total. The van der Waals surface area contributed by atoms with Crippen LogP contribution in [-0.2, 0) is 5.75 Å². The molecule has 28 heavy (non-hydrogen) atoms. The number of benzene rings is 1. The molecule has 1 fully saturated rings. The molecule has 1 aliphatic carbocycles. The zero-order chi connectivity index (χ0) is 19.5. The summed E-state index contributed by atoms with van der Waals surface area (Å²) in [7, 11) is 1.68. The van der Waals surface area contributed by atoms with Gasteiger partial charge in [0.05, 0.1) is 12.9 Å². The van der Waals surface area contributed by atoms with Gasteiger partial charge < -0.3 is 9.15 Å². The highest BCUT2D eigenvalue weighted by molar-refractivity contribution is 7.98. The Labute approximate surface area is 168 Å². The van der Waals surface area contributed by atoms with Gasteiger partial charge in [-0.05, 0) is 43.0 Å². The van der Waals surface area contributed by atoms with E-state index in [1.807, 2.05) is 24.3 Å². The summed E-state index contributed by atoms with van der Waals surface area (Å²) in [6, 6.07) is 8.41. The van der Waals surface area contributed by atoms with Crippen LogP contribution < -0.4 is 4.74 Å². The highest BCUT2D eigenvalue weighted by atomic mass is 32.2. The Balaban J connectivity index is 1.67. The van der Waals surface area contributed by atoms with Crippen molar-refractivity contribution in [2.45, 2.75) is 56.5 Å². The fourth-order valence-electron chi connectivity index (χ4n) is 3.81. The molecule has 0 spiro atoms. The molecule has 4 rings (SSSR count). The summed E-state index contributed by atoms with van der Waals surface area (Å²) in [5.74, 6) is 4.11. The number of hydrogen-bond acceptors (Lipinski definition) is 7. The van der Waals surface area contributed by atoms with E-state index in [0.29, 0.717) is 29.5 Å². The van der Waals surface area contributed by atoms with E-state index < -0.39 is 0 Å². The fraction of sp³-hybridized carbons (Fsp3) is 0.500. The van der Waals surface area contributed by atoms with Crippen LogP contribution in [-0.4, -0.2) is 32.1 Å². The van der Waals surface area contributed by atoms with Gasteiger partial charge in [-0.25, -0.2) is 0 Å². The Bertz CT molecular complexity index is 921. The van der Waals surface area contributed by atoms with Gasteiger partial charge in [0.2, 0.25) is 11.8 Å². The van der Waals surface area contributed by atoms with E-state index in [-0.39, 0.29) is 0 Å². The number of rotatable bonds is 6. The summed E-state index contributed by atoms with van der Waals surface area (Å²) >= 11 is 1.60. The van der Waals surface area contributed by atoms with Gasteiger partial charge in [-0.15, -0.1) is 20.4 Å². The number of ether oxygens (including phenoxy) is 1. The lowest BCUT2D eigenvalue weighted by atomic mass is 9.85. The molecular formula is C20H25N5O2S. The Kier molecular flexibility index (Phi) is 5.66. The predicted molar refractivity (Wildman–Crippen MR) is 107 cm³/mol. The van der Waals surface area contributed by atoms with Crippen molar-refractivity contribution in [3.8, 4) is 17.1 Å². The molecule has 0 radical (unpaired) electrons. The lowest BCUT2D eigenvalue weighted by Gasteiger charge is -2.31. The third-order valence-electron chi connectivity index (χ3n) is 5.30. The number of nitrogens with zero attached hydrogens (tertiary/aromatic N) is 5. The van der Waals surface area contributed by atoms with E-state index in [1.165, 1.54) is 19.3 Å². The van der Waals surface area contributed by atoms with Crippen molar-refractivity contribution in [3.05, 3.63) is 36.0 Å². The zero-order valence-electron chi connectivity index (χ0n) is 16.5. The number of thioether (sulfide) groups is 1. The number of methoxy groups -OCH3 is 1. The van der Waals surface area contributed by atoms with Crippen LogP contribution in [0.15, 0.2) is 33.8 Å². The SMILES string of the molecule is COc1ccc(-c2nnc(SCc3nnc(C)o3)n2[C@@H]2CCCC[C@H]2C)cc1. The second-order valence-corrected chi connectivity index (χ2v) is 8.18. The molecule has 2 heterocycles. The maximum atomic E-state index is 5.51. The third-order valence-corrected chi connectivity index (χ3v) is 6.23. The van der Waals surface area contributed by atoms with Crippen molar-refractivity contribution in [1.82, 2.24) is 25.0 Å². The molecule has 148 valence electrons. The average molecular weight is 400 g/mol. The van der Waals surface area contributed by atoms with Gasteiger partial charge >= 0.3 is 0 Å². The molecule has 1 saturated carbocycles. The molecule has 0 bridgehead atoms. The third kappa shape index (κ3) is 3.92. The van der Waals surface area contributed by atoms with Gasteiger partial charge in [0.1, 0.15) is 5.75 Å². The van der Waals surface area contributed by atoms with Crippen molar-refractivity contribution in [2.75, 3.05) is 7.11 Å².